The Kier molecular flexibility index (Phi) is 2.90. The molecule has 0 heterocycles. The lowest BCUT2D eigenvalue weighted by Gasteiger charge is -2.32. The van der Waals surface area contributed by atoms with Gasteiger partial charge in [0.05, 0.1) is 5.60 Å². The van der Waals surface area contributed by atoms with Gasteiger partial charge in [-0.05, 0) is 26.7 Å². The summed E-state index contributed by atoms with van der Waals surface area (Å²) < 4.78 is 5.73. The van der Waals surface area contributed by atoms with Gasteiger partial charge >= 0.3 is 0 Å². The number of rotatable bonds is 3. The van der Waals surface area contributed by atoms with E-state index < -0.39 is 0 Å². The van der Waals surface area contributed by atoms with Crippen LogP contribution in [-0.2, 0) is 4.74 Å². The third-order valence-electron chi connectivity index (χ3n) is 2.71. The summed E-state index contributed by atoms with van der Waals surface area (Å²) in [6, 6.07) is 0.185. The summed E-state index contributed by atoms with van der Waals surface area (Å²) >= 11 is 0. The molecule has 66 valence electrons. The van der Waals surface area contributed by atoms with Crippen LogP contribution in [0, 0.1) is 0 Å². The molecule has 1 aliphatic rings. The van der Waals surface area contributed by atoms with Crippen molar-refractivity contribution in [1.82, 2.24) is 0 Å². The summed E-state index contributed by atoms with van der Waals surface area (Å²) in [5.41, 5.74) is 5.92. The van der Waals surface area contributed by atoms with Gasteiger partial charge in [0.15, 0.2) is 0 Å². The Morgan fingerprint density at radius 2 is 2.00 bits per heavy atom. The molecule has 0 aromatic carbocycles. The Morgan fingerprint density at radius 3 is 2.36 bits per heavy atom. The summed E-state index contributed by atoms with van der Waals surface area (Å²) in [6.07, 6.45) is 4.86. The van der Waals surface area contributed by atoms with Crippen LogP contribution in [-0.4, -0.2) is 18.2 Å². The van der Waals surface area contributed by atoms with Crippen LogP contribution in [0.2, 0.25) is 0 Å². The van der Waals surface area contributed by atoms with Crippen LogP contribution in [0.1, 0.15) is 39.5 Å². The molecule has 0 amide bonds. The molecule has 1 fully saturated rings. The molecule has 1 atom stereocenters. The van der Waals surface area contributed by atoms with E-state index in [2.05, 4.69) is 6.92 Å². The standard InChI is InChI=1S/C9H19NO/c1-3-11-9(8(2)10)6-4-5-7-9/h8H,3-7,10H2,1-2H3. The van der Waals surface area contributed by atoms with Crippen molar-refractivity contribution in [2.24, 2.45) is 5.73 Å². The molecule has 0 aliphatic heterocycles. The molecule has 0 aromatic rings. The molecule has 0 bridgehead atoms. The lowest BCUT2D eigenvalue weighted by atomic mass is 9.94. The molecule has 2 N–H and O–H groups in total. The van der Waals surface area contributed by atoms with Crippen LogP contribution in [0.3, 0.4) is 0 Å². The molecule has 2 heteroatoms. The van der Waals surface area contributed by atoms with E-state index in [4.69, 9.17) is 10.5 Å². The van der Waals surface area contributed by atoms with Gasteiger partial charge < -0.3 is 10.5 Å². The molecule has 2 nitrogen and oxygen atoms in total. The van der Waals surface area contributed by atoms with E-state index in [1.54, 1.807) is 0 Å². The van der Waals surface area contributed by atoms with Crippen molar-refractivity contribution in [3.63, 3.8) is 0 Å². The van der Waals surface area contributed by atoms with Crippen molar-refractivity contribution in [2.45, 2.75) is 51.2 Å². The number of ether oxygens (including phenoxy) is 1. The molecule has 1 saturated carbocycles. The first-order valence-electron chi connectivity index (χ1n) is 4.61. The number of nitrogens with two attached hydrogens (primary N) is 1. The summed E-state index contributed by atoms with van der Waals surface area (Å²) in [5, 5.41) is 0. The quantitative estimate of drug-likeness (QED) is 0.676. The minimum Gasteiger partial charge on any atom is -0.374 e. The van der Waals surface area contributed by atoms with E-state index in [-0.39, 0.29) is 11.6 Å². The first-order chi connectivity index (χ1) is 5.21. The smallest absolute Gasteiger partial charge is 0.0829 e. The maximum absolute atomic E-state index is 5.89. The first kappa shape index (κ1) is 9.01. The zero-order valence-corrected chi connectivity index (χ0v) is 7.60. The number of hydrogen-bond acceptors (Lipinski definition) is 2. The highest BCUT2D eigenvalue weighted by atomic mass is 16.5. The Balaban J connectivity index is 2.55. The first-order valence-corrected chi connectivity index (χ1v) is 4.61. The molecule has 0 spiro atoms. The summed E-state index contributed by atoms with van der Waals surface area (Å²) in [6.45, 7) is 4.89. The van der Waals surface area contributed by atoms with Crippen LogP contribution in [0.5, 0.6) is 0 Å². The average molecular weight is 157 g/mol. The third kappa shape index (κ3) is 1.74. The van der Waals surface area contributed by atoms with E-state index >= 15 is 0 Å². The van der Waals surface area contributed by atoms with E-state index in [1.807, 2.05) is 6.92 Å². The second-order valence-electron chi connectivity index (χ2n) is 3.49. The Morgan fingerprint density at radius 1 is 1.45 bits per heavy atom. The number of hydrogen-bond donors (Lipinski definition) is 1. The normalized spacial score (nSPS) is 25.4. The van der Waals surface area contributed by atoms with Crippen LogP contribution in [0.15, 0.2) is 0 Å². The van der Waals surface area contributed by atoms with Crippen molar-refractivity contribution in [3.8, 4) is 0 Å². The fourth-order valence-electron chi connectivity index (χ4n) is 1.99. The molecule has 0 radical (unpaired) electrons. The largest absolute Gasteiger partial charge is 0.374 e. The zero-order chi connectivity index (χ0) is 8.32. The van der Waals surface area contributed by atoms with Crippen molar-refractivity contribution >= 4 is 0 Å². The van der Waals surface area contributed by atoms with Crippen molar-refractivity contribution in [1.29, 1.82) is 0 Å². The van der Waals surface area contributed by atoms with Gasteiger partial charge in [-0.25, -0.2) is 0 Å². The predicted molar refractivity (Wildman–Crippen MR) is 46.5 cm³/mol. The van der Waals surface area contributed by atoms with Gasteiger partial charge in [-0.1, -0.05) is 12.8 Å². The molecule has 11 heavy (non-hydrogen) atoms. The molecule has 1 rings (SSSR count). The second-order valence-corrected chi connectivity index (χ2v) is 3.49. The van der Waals surface area contributed by atoms with Gasteiger partial charge in [0, 0.05) is 12.6 Å². The Hall–Kier alpha value is -0.0800. The summed E-state index contributed by atoms with van der Waals surface area (Å²) in [4.78, 5) is 0. The predicted octanol–water partition coefficient (Wildman–Crippen LogP) is 1.68. The van der Waals surface area contributed by atoms with Crippen molar-refractivity contribution in [2.75, 3.05) is 6.61 Å². The average Bonchev–Trinajstić information content (AvgIpc) is 2.38. The molecule has 0 saturated heterocycles. The van der Waals surface area contributed by atoms with E-state index in [0.29, 0.717) is 0 Å². The minimum absolute atomic E-state index is 0.0226. The van der Waals surface area contributed by atoms with E-state index in [9.17, 15) is 0 Å². The van der Waals surface area contributed by atoms with Gasteiger partial charge in [0.25, 0.3) is 0 Å². The molecule has 1 unspecified atom stereocenters. The van der Waals surface area contributed by atoms with Crippen LogP contribution in [0.25, 0.3) is 0 Å². The van der Waals surface area contributed by atoms with Crippen LogP contribution >= 0.6 is 0 Å². The maximum atomic E-state index is 5.89. The molecule has 1 aliphatic carbocycles. The second kappa shape index (κ2) is 3.55. The minimum atomic E-state index is 0.0226. The lowest BCUT2D eigenvalue weighted by molar-refractivity contribution is -0.0486. The van der Waals surface area contributed by atoms with Gasteiger partial charge in [-0.15, -0.1) is 0 Å². The van der Waals surface area contributed by atoms with Crippen molar-refractivity contribution < 1.29 is 4.74 Å². The van der Waals surface area contributed by atoms with E-state index in [1.165, 1.54) is 12.8 Å². The Bertz CT molecular complexity index is 117. The van der Waals surface area contributed by atoms with Gasteiger partial charge in [-0.3, -0.25) is 0 Å². The van der Waals surface area contributed by atoms with Gasteiger partial charge in [0.1, 0.15) is 0 Å². The van der Waals surface area contributed by atoms with Crippen molar-refractivity contribution in [3.05, 3.63) is 0 Å². The van der Waals surface area contributed by atoms with Gasteiger partial charge in [-0.2, -0.15) is 0 Å². The highest BCUT2D eigenvalue weighted by Gasteiger charge is 2.37. The highest BCUT2D eigenvalue weighted by molar-refractivity contribution is 4.93. The van der Waals surface area contributed by atoms with Crippen LogP contribution < -0.4 is 5.73 Å². The Labute approximate surface area is 69.1 Å². The fraction of sp³-hybridized carbons (Fsp3) is 1.00. The van der Waals surface area contributed by atoms with E-state index in [0.717, 1.165) is 19.4 Å². The summed E-state index contributed by atoms with van der Waals surface area (Å²) in [5.74, 6) is 0. The molecular formula is C9H19NO. The monoisotopic (exact) mass is 157 g/mol. The topological polar surface area (TPSA) is 35.2 Å². The SMILES string of the molecule is CCOC1(C(C)N)CCCC1. The molecule has 0 aromatic heterocycles. The van der Waals surface area contributed by atoms with Crippen LogP contribution in [0.4, 0.5) is 0 Å². The third-order valence-corrected chi connectivity index (χ3v) is 2.71. The lowest BCUT2D eigenvalue weighted by Crippen LogP contribution is -2.46. The van der Waals surface area contributed by atoms with Gasteiger partial charge in [0.2, 0.25) is 0 Å². The maximum Gasteiger partial charge on any atom is 0.0829 e. The fourth-order valence-corrected chi connectivity index (χ4v) is 1.99. The highest BCUT2D eigenvalue weighted by Crippen LogP contribution is 2.35. The zero-order valence-electron chi connectivity index (χ0n) is 7.60. The summed E-state index contributed by atoms with van der Waals surface area (Å²) in [7, 11) is 0. The molecular weight excluding hydrogens is 138 g/mol.